The van der Waals surface area contributed by atoms with E-state index in [4.69, 9.17) is 5.73 Å². The van der Waals surface area contributed by atoms with Gasteiger partial charge in [0.1, 0.15) is 0 Å². The molecule has 0 bridgehead atoms. The Morgan fingerprint density at radius 2 is 1.90 bits per heavy atom. The Morgan fingerprint density at radius 3 is 2.30 bits per heavy atom. The molecule has 10 heavy (non-hydrogen) atoms. The molecule has 56 valence electrons. The lowest BCUT2D eigenvalue weighted by Gasteiger charge is -2.23. The fourth-order valence-corrected chi connectivity index (χ4v) is 1.39. The van der Waals surface area contributed by atoms with Crippen molar-refractivity contribution >= 4 is 0 Å². The number of allylic oxidation sites excluding steroid dienone is 3. The summed E-state index contributed by atoms with van der Waals surface area (Å²) >= 11 is 0. The molecule has 0 spiro atoms. The molecule has 0 radical (unpaired) electrons. The van der Waals surface area contributed by atoms with Gasteiger partial charge < -0.3 is 5.73 Å². The zero-order valence-corrected chi connectivity index (χ0v) is 6.62. The summed E-state index contributed by atoms with van der Waals surface area (Å²) in [6.45, 7) is 4.26. The van der Waals surface area contributed by atoms with E-state index in [2.05, 4.69) is 38.2 Å². The molecule has 1 heteroatoms. The van der Waals surface area contributed by atoms with Gasteiger partial charge in [0.05, 0.1) is 0 Å². The molecule has 1 rings (SSSR count). The molecule has 1 aliphatic carbocycles. The summed E-state index contributed by atoms with van der Waals surface area (Å²) in [7, 11) is 0. The zero-order chi connectivity index (χ0) is 7.56. The summed E-state index contributed by atoms with van der Waals surface area (Å²) < 4.78 is 0. The highest BCUT2D eigenvalue weighted by Gasteiger charge is 2.16. The summed E-state index contributed by atoms with van der Waals surface area (Å²) in [4.78, 5) is 0. The second-order valence-electron chi connectivity index (χ2n) is 3.07. The molecule has 0 aliphatic heterocycles. The molecule has 0 fully saturated rings. The molecule has 0 aromatic heterocycles. The van der Waals surface area contributed by atoms with Crippen molar-refractivity contribution in [1.29, 1.82) is 0 Å². The Bertz CT molecular complexity index is 156. The van der Waals surface area contributed by atoms with Crippen LogP contribution in [0.3, 0.4) is 0 Å². The van der Waals surface area contributed by atoms with Gasteiger partial charge in [-0.15, -0.1) is 0 Å². The molecule has 2 unspecified atom stereocenters. The average molecular weight is 137 g/mol. The van der Waals surface area contributed by atoms with Crippen molar-refractivity contribution in [2.75, 3.05) is 0 Å². The van der Waals surface area contributed by atoms with Gasteiger partial charge in [-0.05, 0) is 18.8 Å². The fraction of sp³-hybridized carbons (Fsp3) is 0.556. The molecule has 0 saturated heterocycles. The molecule has 0 aromatic carbocycles. The first kappa shape index (κ1) is 7.55. The van der Waals surface area contributed by atoms with Crippen LogP contribution in [0.5, 0.6) is 0 Å². The van der Waals surface area contributed by atoms with Crippen molar-refractivity contribution in [3.63, 3.8) is 0 Å². The molecular formula is C9H15N. The van der Waals surface area contributed by atoms with Crippen LogP contribution in [-0.4, -0.2) is 6.04 Å². The van der Waals surface area contributed by atoms with Gasteiger partial charge in [-0.2, -0.15) is 0 Å². The van der Waals surface area contributed by atoms with E-state index < -0.39 is 0 Å². The van der Waals surface area contributed by atoms with Gasteiger partial charge in [0, 0.05) is 6.04 Å². The quantitative estimate of drug-likeness (QED) is 0.585. The Kier molecular flexibility index (Phi) is 2.28. The van der Waals surface area contributed by atoms with E-state index in [0.29, 0.717) is 11.8 Å². The van der Waals surface area contributed by atoms with Crippen molar-refractivity contribution < 1.29 is 0 Å². The van der Waals surface area contributed by atoms with Crippen LogP contribution in [0.4, 0.5) is 0 Å². The van der Waals surface area contributed by atoms with Gasteiger partial charge >= 0.3 is 0 Å². The third kappa shape index (κ3) is 1.48. The summed E-state index contributed by atoms with van der Waals surface area (Å²) in [6, 6.07) is 0.274. The lowest BCUT2D eigenvalue weighted by Crippen LogP contribution is -2.29. The van der Waals surface area contributed by atoms with Crippen LogP contribution in [0.15, 0.2) is 24.3 Å². The number of hydrogen-bond acceptors (Lipinski definition) is 1. The van der Waals surface area contributed by atoms with Crippen molar-refractivity contribution in [1.82, 2.24) is 0 Å². The number of rotatable bonds is 1. The molecule has 0 saturated carbocycles. The molecule has 1 nitrogen and oxygen atoms in total. The van der Waals surface area contributed by atoms with Crippen LogP contribution in [0.1, 0.15) is 13.8 Å². The van der Waals surface area contributed by atoms with E-state index in [-0.39, 0.29) is 6.04 Å². The lowest BCUT2D eigenvalue weighted by molar-refractivity contribution is 0.435. The first-order chi connectivity index (χ1) is 4.72. The maximum Gasteiger partial charge on any atom is 0.00790 e. The summed E-state index contributed by atoms with van der Waals surface area (Å²) in [5.74, 6) is 1.13. The Hall–Kier alpha value is -0.560. The van der Waals surface area contributed by atoms with E-state index in [1.54, 1.807) is 0 Å². The van der Waals surface area contributed by atoms with Crippen molar-refractivity contribution in [2.24, 2.45) is 17.6 Å². The van der Waals surface area contributed by atoms with E-state index in [1.807, 2.05) is 0 Å². The van der Waals surface area contributed by atoms with E-state index in [9.17, 15) is 0 Å². The van der Waals surface area contributed by atoms with E-state index in [1.165, 1.54) is 0 Å². The predicted octanol–water partition coefficient (Wildman–Crippen LogP) is 1.71. The van der Waals surface area contributed by atoms with Gasteiger partial charge in [-0.3, -0.25) is 0 Å². The minimum Gasteiger partial charge on any atom is -0.327 e. The SMILES string of the molecule is CC1C=CC=CC1[C@H](C)N. The minimum atomic E-state index is 0.274. The Labute approximate surface area is 62.6 Å². The standard InChI is InChI=1S/C9H15N/c1-7-5-3-4-6-9(7)8(2)10/h3-9H,10H2,1-2H3/t7?,8-,9?/m0/s1. The predicted molar refractivity (Wildman–Crippen MR) is 44.6 cm³/mol. The van der Waals surface area contributed by atoms with Crippen molar-refractivity contribution in [2.45, 2.75) is 19.9 Å². The second kappa shape index (κ2) is 3.02. The summed E-state index contributed by atoms with van der Waals surface area (Å²) in [6.07, 6.45) is 8.56. The van der Waals surface area contributed by atoms with Gasteiger partial charge in [-0.1, -0.05) is 31.2 Å². The third-order valence-electron chi connectivity index (χ3n) is 2.07. The largest absolute Gasteiger partial charge is 0.327 e. The number of nitrogens with two attached hydrogens (primary N) is 1. The molecule has 0 heterocycles. The molecule has 0 aromatic rings. The van der Waals surface area contributed by atoms with Crippen LogP contribution in [0, 0.1) is 11.8 Å². The Balaban J connectivity index is 2.61. The molecular weight excluding hydrogens is 122 g/mol. The summed E-state index contributed by atoms with van der Waals surface area (Å²) in [5, 5.41) is 0. The molecule has 1 aliphatic rings. The molecule has 2 N–H and O–H groups in total. The highest BCUT2D eigenvalue weighted by molar-refractivity contribution is 5.14. The van der Waals surface area contributed by atoms with Gasteiger partial charge in [0.15, 0.2) is 0 Å². The molecule has 0 amide bonds. The van der Waals surface area contributed by atoms with E-state index >= 15 is 0 Å². The normalized spacial score (nSPS) is 34.3. The van der Waals surface area contributed by atoms with Crippen molar-refractivity contribution in [3.05, 3.63) is 24.3 Å². The fourth-order valence-electron chi connectivity index (χ4n) is 1.39. The average Bonchev–Trinajstić information content (AvgIpc) is 1.88. The van der Waals surface area contributed by atoms with Crippen LogP contribution < -0.4 is 5.73 Å². The van der Waals surface area contributed by atoms with Gasteiger partial charge in [0.25, 0.3) is 0 Å². The second-order valence-corrected chi connectivity index (χ2v) is 3.07. The lowest BCUT2D eigenvalue weighted by atomic mass is 9.85. The maximum absolute atomic E-state index is 5.77. The topological polar surface area (TPSA) is 26.0 Å². The monoisotopic (exact) mass is 137 g/mol. The first-order valence-corrected chi connectivity index (χ1v) is 3.82. The Morgan fingerprint density at radius 1 is 1.30 bits per heavy atom. The van der Waals surface area contributed by atoms with Crippen LogP contribution in [0.2, 0.25) is 0 Å². The highest BCUT2D eigenvalue weighted by Crippen LogP contribution is 2.20. The smallest absolute Gasteiger partial charge is 0.00790 e. The van der Waals surface area contributed by atoms with Crippen LogP contribution in [-0.2, 0) is 0 Å². The van der Waals surface area contributed by atoms with E-state index in [0.717, 1.165) is 0 Å². The summed E-state index contributed by atoms with van der Waals surface area (Å²) in [5.41, 5.74) is 5.77. The van der Waals surface area contributed by atoms with Crippen molar-refractivity contribution in [3.8, 4) is 0 Å². The zero-order valence-electron chi connectivity index (χ0n) is 6.62. The highest BCUT2D eigenvalue weighted by atomic mass is 14.6. The minimum absolute atomic E-state index is 0.274. The van der Waals surface area contributed by atoms with Gasteiger partial charge in [0.2, 0.25) is 0 Å². The van der Waals surface area contributed by atoms with Crippen LogP contribution >= 0.6 is 0 Å². The van der Waals surface area contributed by atoms with Gasteiger partial charge in [-0.25, -0.2) is 0 Å². The first-order valence-electron chi connectivity index (χ1n) is 3.82. The number of hydrogen-bond donors (Lipinski definition) is 1. The third-order valence-corrected chi connectivity index (χ3v) is 2.07. The van der Waals surface area contributed by atoms with Crippen LogP contribution in [0.25, 0.3) is 0 Å². The maximum atomic E-state index is 5.77. The molecule has 3 atom stereocenters.